The van der Waals surface area contributed by atoms with Crippen LogP contribution in [0.15, 0.2) is 47.2 Å². The predicted octanol–water partition coefficient (Wildman–Crippen LogP) is 5.17. The van der Waals surface area contributed by atoms with Gasteiger partial charge in [0.15, 0.2) is 5.13 Å². The maximum absolute atomic E-state index is 12.6. The monoisotopic (exact) mass is 416 g/mol. The van der Waals surface area contributed by atoms with Crippen molar-refractivity contribution in [1.82, 2.24) is 9.97 Å². The van der Waals surface area contributed by atoms with Gasteiger partial charge in [-0.25, -0.2) is 9.97 Å². The third-order valence-corrected chi connectivity index (χ3v) is 5.01. The average molecular weight is 417 g/mol. The van der Waals surface area contributed by atoms with Crippen LogP contribution in [0.3, 0.4) is 0 Å². The van der Waals surface area contributed by atoms with Gasteiger partial charge in [-0.3, -0.25) is 4.79 Å². The lowest BCUT2D eigenvalue weighted by molar-refractivity contribution is 0.103. The summed E-state index contributed by atoms with van der Waals surface area (Å²) in [5.74, 6) is 0.514. The third-order valence-electron chi connectivity index (χ3n) is 3.66. The number of carbonyl (C=O) groups is 1. The number of thiazole rings is 1. The summed E-state index contributed by atoms with van der Waals surface area (Å²) in [7, 11) is 0. The maximum atomic E-state index is 12.6. The van der Waals surface area contributed by atoms with Gasteiger partial charge in [-0.05, 0) is 52.5 Å². The van der Waals surface area contributed by atoms with Crippen molar-refractivity contribution < 1.29 is 4.79 Å². The molecule has 0 saturated heterocycles. The number of aryl methyl sites for hydroxylation is 2. The summed E-state index contributed by atoms with van der Waals surface area (Å²) < 4.78 is 0.735. The van der Waals surface area contributed by atoms with Gasteiger partial charge >= 0.3 is 0 Å². The van der Waals surface area contributed by atoms with Crippen molar-refractivity contribution >= 4 is 49.8 Å². The molecule has 25 heavy (non-hydrogen) atoms. The van der Waals surface area contributed by atoms with Crippen molar-refractivity contribution in [2.45, 2.75) is 20.3 Å². The van der Waals surface area contributed by atoms with Crippen molar-refractivity contribution in [2.24, 2.45) is 0 Å². The Hall–Kier alpha value is -2.25. The van der Waals surface area contributed by atoms with Gasteiger partial charge in [0.1, 0.15) is 15.3 Å². The van der Waals surface area contributed by atoms with Crippen molar-refractivity contribution in [3.05, 3.63) is 63.2 Å². The lowest BCUT2D eigenvalue weighted by Gasteiger charge is -2.12. The highest BCUT2D eigenvalue weighted by Gasteiger charge is 2.14. The number of nitrogens with one attached hydrogen (secondary N) is 2. The Labute approximate surface area is 158 Å². The fourth-order valence-electron chi connectivity index (χ4n) is 2.40. The summed E-state index contributed by atoms with van der Waals surface area (Å²) >= 11 is 4.62. The van der Waals surface area contributed by atoms with E-state index in [0.29, 0.717) is 15.8 Å². The Morgan fingerprint density at radius 1 is 1.24 bits per heavy atom. The number of pyridine rings is 1. The van der Waals surface area contributed by atoms with E-state index < -0.39 is 0 Å². The number of hydrogen-bond donors (Lipinski definition) is 2. The van der Waals surface area contributed by atoms with Gasteiger partial charge in [-0.2, -0.15) is 0 Å². The molecule has 3 aromatic rings. The van der Waals surface area contributed by atoms with Gasteiger partial charge in [0.2, 0.25) is 0 Å². The molecule has 2 aromatic heterocycles. The van der Waals surface area contributed by atoms with E-state index in [2.05, 4.69) is 43.5 Å². The number of aromatic nitrogens is 2. The molecule has 0 bridgehead atoms. The second-order valence-electron chi connectivity index (χ2n) is 5.42. The van der Waals surface area contributed by atoms with Crippen LogP contribution < -0.4 is 10.6 Å². The summed E-state index contributed by atoms with van der Waals surface area (Å²) in [6.07, 6.45) is 2.44. The third kappa shape index (κ3) is 4.24. The molecule has 2 N–H and O–H groups in total. The molecule has 0 fully saturated rings. The van der Waals surface area contributed by atoms with E-state index in [1.807, 2.05) is 43.3 Å². The second kappa shape index (κ2) is 7.76. The molecule has 0 aliphatic rings. The Morgan fingerprint density at radius 2 is 2.04 bits per heavy atom. The van der Waals surface area contributed by atoms with Crippen LogP contribution in [-0.2, 0) is 6.42 Å². The summed E-state index contributed by atoms with van der Waals surface area (Å²) in [6, 6.07) is 11.6. The van der Waals surface area contributed by atoms with Gasteiger partial charge in [-0.1, -0.05) is 42.5 Å². The zero-order valence-corrected chi connectivity index (χ0v) is 16.2. The second-order valence-corrected chi connectivity index (χ2v) is 7.26. The minimum absolute atomic E-state index is 0.156. The normalized spacial score (nSPS) is 10.5. The van der Waals surface area contributed by atoms with Gasteiger partial charge in [-0.15, -0.1) is 0 Å². The van der Waals surface area contributed by atoms with E-state index in [1.165, 1.54) is 11.3 Å². The van der Waals surface area contributed by atoms with Gasteiger partial charge in [0.05, 0.1) is 6.20 Å². The highest BCUT2D eigenvalue weighted by Crippen LogP contribution is 2.25. The van der Waals surface area contributed by atoms with E-state index in [9.17, 15) is 4.79 Å². The highest BCUT2D eigenvalue weighted by atomic mass is 79.9. The fraction of sp³-hybridized carbons (Fsp3) is 0.167. The summed E-state index contributed by atoms with van der Waals surface area (Å²) in [5, 5.41) is 6.74. The summed E-state index contributed by atoms with van der Waals surface area (Å²) in [4.78, 5) is 21.7. The van der Waals surface area contributed by atoms with Crippen LogP contribution in [0.5, 0.6) is 0 Å². The average Bonchev–Trinajstić information content (AvgIpc) is 3.05. The first-order valence-electron chi connectivity index (χ1n) is 7.82. The molecule has 1 aromatic carbocycles. The van der Waals surface area contributed by atoms with E-state index in [4.69, 9.17) is 0 Å². The topological polar surface area (TPSA) is 66.9 Å². The largest absolute Gasteiger partial charge is 0.321 e. The van der Waals surface area contributed by atoms with Crippen LogP contribution in [0.25, 0.3) is 0 Å². The SMILES string of the molecule is CCc1cccc(C)c1NC(=O)c1cnc(Nc2cccc(Br)n2)s1. The molecule has 0 aliphatic carbocycles. The molecule has 0 atom stereocenters. The Balaban J connectivity index is 1.75. The molecule has 0 saturated carbocycles. The number of hydrogen-bond acceptors (Lipinski definition) is 5. The molecule has 0 unspecified atom stereocenters. The first-order valence-corrected chi connectivity index (χ1v) is 9.43. The van der Waals surface area contributed by atoms with Crippen LogP contribution in [0.1, 0.15) is 27.7 Å². The standard InChI is InChI=1S/C18H17BrN4OS/c1-3-12-7-4-6-11(2)16(12)23-17(24)13-10-20-18(25-13)22-15-9-5-8-14(19)21-15/h4-10H,3H2,1-2H3,(H,23,24)(H,20,21,22). The minimum atomic E-state index is -0.156. The number of halogens is 1. The number of amides is 1. The number of nitrogens with zero attached hydrogens (tertiary/aromatic N) is 2. The summed E-state index contributed by atoms with van der Waals surface area (Å²) in [6.45, 7) is 4.07. The molecular formula is C18H17BrN4OS. The molecule has 128 valence electrons. The molecule has 3 rings (SSSR count). The van der Waals surface area contributed by atoms with E-state index >= 15 is 0 Å². The number of para-hydroxylation sites is 1. The highest BCUT2D eigenvalue weighted by molar-refractivity contribution is 9.10. The minimum Gasteiger partial charge on any atom is -0.321 e. The van der Waals surface area contributed by atoms with Crippen LogP contribution in [-0.4, -0.2) is 15.9 Å². The van der Waals surface area contributed by atoms with Crippen molar-refractivity contribution in [2.75, 3.05) is 10.6 Å². The van der Waals surface area contributed by atoms with E-state index in [0.717, 1.165) is 27.8 Å². The molecule has 2 heterocycles. The molecule has 0 radical (unpaired) electrons. The van der Waals surface area contributed by atoms with Crippen molar-refractivity contribution in [3.8, 4) is 0 Å². The predicted molar refractivity (Wildman–Crippen MR) is 106 cm³/mol. The maximum Gasteiger partial charge on any atom is 0.267 e. The lowest BCUT2D eigenvalue weighted by Crippen LogP contribution is -2.12. The van der Waals surface area contributed by atoms with Crippen molar-refractivity contribution in [1.29, 1.82) is 0 Å². The quantitative estimate of drug-likeness (QED) is 0.563. The molecule has 0 spiro atoms. The van der Waals surface area contributed by atoms with Crippen LogP contribution in [0.2, 0.25) is 0 Å². The van der Waals surface area contributed by atoms with E-state index in [-0.39, 0.29) is 5.91 Å². The van der Waals surface area contributed by atoms with E-state index in [1.54, 1.807) is 6.20 Å². The first kappa shape index (κ1) is 17.6. The van der Waals surface area contributed by atoms with Crippen molar-refractivity contribution in [3.63, 3.8) is 0 Å². The Kier molecular flexibility index (Phi) is 5.45. The van der Waals surface area contributed by atoms with Crippen LogP contribution in [0.4, 0.5) is 16.6 Å². The smallest absolute Gasteiger partial charge is 0.267 e. The molecule has 1 amide bonds. The van der Waals surface area contributed by atoms with Gasteiger partial charge < -0.3 is 10.6 Å². The fourth-order valence-corrected chi connectivity index (χ4v) is 3.46. The zero-order valence-electron chi connectivity index (χ0n) is 13.8. The molecule has 0 aliphatic heterocycles. The molecule has 7 heteroatoms. The lowest BCUT2D eigenvalue weighted by atomic mass is 10.1. The number of benzene rings is 1. The van der Waals surface area contributed by atoms with Crippen LogP contribution in [0, 0.1) is 6.92 Å². The molecular weight excluding hydrogens is 400 g/mol. The first-order chi connectivity index (χ1) is 12.1. The number of anilines is 3. The number of rotatable bonds is 5. The van der Waals surface area contributed by atoms with Crippen LogP contribution >= 0.6 is 27.3 Å². The Morgan fingerprint density at radius 3 is 2.80 bits per heavy atom. The number of carbonyl (C=O) groups excluding carboxylic acids is 1. The van der Waals surface area contributed by atoms with Gasteiger partial charge in [0, 0.05) is 5.69 Å². The Bertz CT molecular complexity index is 910. The van der Waals surface area contributed by atoms with Gasteiger partial charge in [0.25, 0.3) is 5.91 Å². The molecule has 5 nitrogen and oxygen atoms in total. The zero-order chi connectivity index (χ0) is 17.8. The summed E-state index contributed by atoms with van der Waals surface area (Å²) in [5.41, 5.74) is 3.05.